The molecule has 0 spiro atoms. The normalized spacial score (nSPS) is 24.4. The predicted molar refractivity (Wildman–Crippen MR) is 76.5 cm³/mol. The fraction of sp³-hybridized carbons (Fsp3) is 0.562. The topological polar surface area (TPSA) is 23.6 Å². The summed E-state index contributed by atoms with van der Waals surface area (Å²) in [5.74, 6) is 0.259. The van der Waals surface area contributed by atoms with Crippen molar-refractivity contribution in [1.82, 2.24) is 9.80 Å². The molecule has 0 N–H and O–H groups in total. The van der Waals surface area contributed by atoms with Crippen LogP contribution in [0.15, 0.2) is 24.3 Å². The third-order valence-corrected chi connectivity index (χ3v) is 4.38. The summed E-state index contributed by atoms with van der Waals surface area (Å²) in [5.41, 5.74) is 2.01. The first-order valence-electron chi connectivity index (χ1n) is 7.28. The molecule has 19 heavy (non-hydrogen) atoms. The van der Waals surface area contributed by atoms with Crippen LogP contribution in [-0.2, 0) is 0 Å². The molecular weight excluding hydrogens is 236 g/mol. The lowest BCUT2D eigenvalue weighted by molar-refractivity contribution is 0.0784. The van der Waals surface area contributed by atoms with E-state index in [4.69, 9.17) is 0 Å². The summed E-state index contributed by atoms with van der Waals surface area (Å²) in [4.78, 5) is 17.2. The molecule has 0 aromatic heterocycles. The van der Waals surface area contributed by atoms with E-state index in [9.17, 15) is 4.79 Å². The molecule has 3 heteroatoms. The van der Waals surface area contributed by atoms with Gasteiger partial charge in [0, 0.05) is 31.2 Å². The Morgan fingerprint density at radius 3 is 3.05 bits per heavy atom. The number of hydrogen-bond donors (Lipinski definition) is 0. The van der Waals surface area contributed by atoms with Crippen molar-refractivity contribution >= 4 is 5.78 Å². The Morgan fingerprint density at radius 1 is 1.32 bits per heavy atom. The lowest BCUT2D eigenvalue weighted by Gasteiger charge is -2.37. The monoisotopic (exact) mass is 258 g/mol. The Hall–Kier alpha value is -1.19. The highest BCUT2D eigenvalue weighted by atomic mass is 16.1. The standard InChI is InChI=1S/C16H22N2O/c1-13-4-2-5-14(10-13)16(19)12-17-8-9-18-7-3-6-15(18)11-17/h2,4-5,10,15H,3,6-9,11-12H2,1H3. The number of carbonyl (C=O) groups excluding carboxylic acids is 1. The summed E-state index contributed by atoms with van der Waals surface area (Å²) in [7, 11) is 0. The average Bonchev–Trinajstić information content (AvgIpc) is 2.86. The number of nitrogens with zero attached hydrogens (tertiary/aromatic N) is 2. The summed E-state index contributed by atoms with van der Waals surface area (Å²) >= 11 is 0. The molecule has 1 aromatic rings. The molecule has 2 heterocycles. The van der Waals surface area contributed by atoms with Crippen molar-refractivity contribution in [2.24, 2.45) is 0 Å². The Morgan fingerprint density at radius 2 is 2.21 bits per heavy atom. The number of hydrogen-bond acceptors (Lipinski definition) is 3. The maximum absolute atomic E-state index is 12.3. The molecule has 0 aliphatic carbocycles. The highest BCUT2D eigenvalue weighted by molar-refractivity contribution is 5.97. The van der Waals surface area contributed by atoms with Crippen LogP contribution >= 0.6 is 0 Å². The van der Waals surface area contributed by atoms with Gasteiger partial charge in [0.2, 0.25) is 0 Å². The van der Waals surface area contributed by atoms with Crippen molar-refractivity contribution in [3.63, 3.8) is 0 Å². The SMILES string of the molecule is Cc1cccc(C(=O)CN2CCN3CCCC3C2)c1. The Kier molecular flexibility index (Phi) is 3.67. The molecule has 2 aliphatic heterocycles. The van der Waals surface area contributed by atoms with Gasteiger partial charge in [-0.2, -0.15) is 0 Å². The van der Waals surface area contributed by atoms with Crippen LogP contribution in [0.25, 0.3) is 0 Å². The number of piperazine rings is 1. The van der Waals surface area contributed by atoms with E-state index in [1.807, 2.05) is 31.2 Å². The summed E-state index contributed by atoms with van der Waals surface area (Å²) in [6.45, 7) is 7.10. The minimum Gasteiger partial charge on any atom is -0.298 e. The van der Waals surface area contributed by atoms with Gasteiger partial charge < -0.3 is 0 Å². The molecule has 1 aromatic carbocycles. The van der Waals surface area contributed by atoms with Gasteiger partial charge in [0.15, 0.2) is 5.78 Å². The number of rotatable bonds is 3. The van der Waals surface area contributed by atoms with Gasteiger partial charge in [0.05, 0.1) is 6.54 Å². The average molecular weight is 258 g/mol. The van der Waals surface area contributed by atoms with Crippen LogP contribution in [0.5, 0.6) is 0 Å². The molecule has 2 aliphatic rings. The largest absolute Gasteiger partial charge is 0.298 e. The second-order valence-electron chi connectivity index (χ2n) is 5.86. The number of carbonyl (C=O) groups is 1. The van der Waals surface area contributed by atoms with E-state index in [2.05, 4.69) is 9.80 Å². The van der Waals surface area contributed by atoms with Crippen molar-refractivity contribution in [2.75, 3.05) is 32.7 Å². The van der Waals surface area contributed by atoms with Crippen LogP contribution in [0.3, 0.4) is 0 Å². The third kappa shape index (κ3) is 2.88. The molecule has 0 saturated carbocycles. The van der Waals surface area contributed by atoms with Crippen LogP contribution < -0.4 is 0 Å². The van der Waals surface area contributed by atoms with E-state index < -0.39 is 0 Å². The van der Waals surface area contributed by atoms with Gasteiger partial charge in [-0.25, -0.2) is 0 Å². The molecule has 2 saturated heterocycles. The number of fused-ring (bicyclic) bond motifs is 1. The van der Waals surface area contributed by atoms with Gasteiger partial charge in [-0.1, -0.05) is 23.8 Å². The Bertz CT molecular complexity index is 472. The van der Waals surface area contributed by atoms with Crippen molar-refractivity contribution < 1.29 is 4.79 Å². The lowest BCUT2D eigenvalue weighted by Crippen LogP contribution is -2.51. The van der Waals surface area contributed by atoms with E-state index in [0.29, 0.717) is 12.6 Å². The smallest absolute Gasteiger partial charge is 0.176 e. The van der Waals surface area contributed by atoms with Crippen LogP contribution in [0.2, 0.25) is 0 Å². The summed E-state index contributed by atoms with van der Waals surface area (Å²) in [5, 5.41) is 0. The van der Waals surface area contributed by atoms with E-state index in [1.54, 1.807) is 0 Å². The zero-order valence-corrected chi connectivity index (χ0v) is 11.6. The van der Waals surface area contributed by atoms with E-state index in [-0.39, 0.29) is 5.78 Å². The summed E-state index contributed by atoms with van der Waals surface area (Å²) < 4.78 is 0. The van der Waals surface area contributed by atoms with Gasteiger partial charge >= 0.3 is 0 Å². The molecule has 0 amide bonds. The predicted octanol–water partition coefficient (Wildman–Crippen LogP) is 1.96. The molecule has 3 rings (SSSR count). The van der Waals surface area contributed by atoms with Crippen molar-refractivity contribution in [1.29, 1.82) is 0 Å². The fourth-order valence-corrected chi connectivity index (χ4v) is 3.31. The van der Waals surface area contributed by atoms with Gasteiger partial charge in [-0.15, -0.1) is 0 Å². The van der Waals surface area contributed by atoms with E-state index in [1.165, 1.54) is 19.4 Å². The van der Waals surface area contributed by atoms with Crippen molar-refractivity contribution in [3.05, 3.63) is 35.4 Å². The zero-order chi connectivity index (χ0) is 13.2. The van der Waals surface area contributed by atoms with Gasteiger partial charge in [-0.3, -0.25) is 14.6 Å². The fourth-order valence-electron chi connectivity index (χ4n) is 3.31. The number of benzene rings is 1. The first kappa shape index (κ1) is 12.8. The van der Waals surface area contributed by atoms with Crippen LogP contribution in [0, 0.1) is 6.92 Å². The molecule has 0 radical (unpaired) electrons. The molecule has 2 fully saturated rings. The van der Waals surface area contributed by atoms with Crippen LogP contribution in [-0.4, -0.2) is 54.3 Å². The maximum atomic E-state index is 12.3. The minimum absolute atomic E-state index is 0.259. The number of aryl methyl sites for hydroxylation is 1. The Labute approximate surface area is 115 Å². The molecule has 0 bridgehead atoms. The number of ketones is 1. The molecule has 1 unspecified atom stereocenters. The van der Waals surface area contributed by atoms with Gasteiger partial charge in [0.25, 0.3) is 0 Å². The van der Waals surface area contributed by atoms with E-state index >= 15 is 0 Å². The second kappa shape index (κ2) is 5.43. The first-order valence-corrected chi connectivity index (χ1v) is 7.28. The van der Waals surface area contributed by atoms with Gasteiger partial charge in [0.1, 0.15) is 0 Å². The highest BCUT2D eigenvalue weighted by Gasteiger charge is 2.31. The maximum Gasteiger partial charge on any atom is 0.176 e. The molecule has 3 nitrogen and oxygen atoms in total. The molecular formula is C16H22N2O. The lowest BCUT2D eigenvalue weighted by atomic mass is 10.1. The quantitative estimate of drug-likeness (QED) is 0.774. The second-order valence-corrected chi connectivity index (χ2v) is 5.86. The minimum atomic E-state index is 0.259. The van der Waals surface area contributed by atoms with Crippen molar-refractivity contribution in [2.45, 2.75) is 25.8 Å². The number of Topliss-reactive ketones (excluding diaryl/α,β-unsaturated/α-hetero) is 1. The zero-order valence-electron chi connectivity index (χ0n) is 11.6. The van der Waals surface area contributed by atoms with Crippen molar-refractivity contribution in [3.8, 4) is 0 Å². The molecule has 1 atom stereocenters. The third-order valence-electron chi connectivity index (χ3n) is 4.38. The van der Waals surface area contributed by atoms with Crippen LogP contribution in [0.1, 0.15) is 28.8 Å². The summed E-state index contributed by atoms with van der Waals surface area (Å²) in [6.07, 6.45) is 2.62. The Balaban J connectivity index is 1.61. The first-order chi connectivity index (χ1) is 9.22. The molecule has 102 valence electrons. The van der Waals surface area contributed by atoms with Gasteiger partial charge in [-0.05, 0) is 32.4 Å². The van der Waals surface area contributed by atoms with Crippen LogP contribution in [0.4, 0.5) is 0 Å². The van der Waals surface area contributed by atoms with E-state index in [0.717, 1.165) is 30.8 Å². The summed E-state index contributed by atoms with van der Waals surface area (Å²) in [6, 6.07) is 8.62. The highest BCUT2D eigenvalue weighted by Crippen LogP contribution is 2.21.